The number of rotatable bonds is 5. The number of aromatic nitrogens is 1. The van der Waals surface area contributed by atoms with E-state index in [9.17, 15) is 9.59 Å². The monoisotopic (exact) mass is 411 g/mol. The first-order valence-electron chi connectivity index (χ1n) is 9.98. The largest absolute Gasteiger partial charge is 0.496 e. The zero-order valence-electron chi connectivity index (χ0n) is 18.0. The minimum atomic E-state index is -0.132. The molecule has 8 nitrogen and oxygen atoms in total. The number of hydrogen-bond acceptors (Lipinski definition) is 5. The van der Waals surface area contributed by atoms with Gasteiger partial charge in [0.15, 0.2) is 0 Å². The molecule has 8 heteroatoms. The van der Waals surface area contributed by atoms with E-state index in [2.05, 4.69) is 10.3 Å². The maximum atomic E-state index is 12.8. The van der Waals surface area contributed by atoms with E-state index in [1.807, 2.05) is 50.2 Å². The molecule has 2 heterocycles. The van der Waals surface area contributed by atoms with Crippen LogP contribution in [0.4, 0.5) is 10.6 Å². The molecule has 1 saturated heterocycles. The Morgan fingerprint density at radius 3 is 2.50 bits per heavy atom. The lowest BCUT2D eigenvalue weighted by Gasteiger charge is -2.35. The molecule has 1 fully saturated rings. The van der Waals surface area contributed by atoms with Crippen LogP contribution in [0.3, 0.4) is 0 Å². The fraction of sp³-hybridized carbons (Fsp3) is 0.409. The maximum absolute atomic E-state index is 12.8. The van der Waals surface area contributed by atoms with Gasteiger partial charge in [-0.15, -0.1) is 0 Å². The predicted octanol–water partition coefficient (Wildman–Crippen LogP) is 2.13. The first-order chi connectivity index (χ1) is 14.4. The Labute approximate surface area is 177 Å². The van der Waals surface area contributed by atoms with Crippen LogP contribution in [0.5, 0.6) is 5.75 Å². The molecule has 2 aromatic rings. The molecule has 0 radical (unpaired) electrons. The molecule has 3 amide bonds. The summed E-state index contributed by atoms with van der Waals surface area (Å²) in [6, 6.07) is 9.15. The number of hydrogen-bond donors (Lipinski definition) is 1. The van der Waals surface area contributed by atoms with Crippen LogP contribution < -0.4 is 15.0 Å². The van der Waals surface area contributed by atoms with Crippen LogP contribution in [0, 0.1) is 6.92 Å². The van der Waals surface area contributed by atoms with Gasteiger partial charge in [-0.1, -0.05) is 12.1 Å². The van der Waals surface area contributed by atoms with Gasteiger partial charge in [0.25, 0.3) is 5.91 Å². The molecule has 3 rings (SSSR count). The second-order valence-corrected chi connectivity index (χ2v) is 7.50. The molecular weight excluding hydrogens is 382 g/mol. The number of pyridine rings is 1. The second kappa shape index (κ2) is 9.47. The summed E-state index contributed by atoms with van der Waals surface area (Å²) < 4.78 is 5.32. The number of piperazine rings is 1. The number of ether oxygens (including phenoxy) is 1. The summed E-state index contributed by atoms with van der Waals surface area (Å²) in [6.45, 7) is 4.33. The average molecular weight is 412 g/mol. The van der Waals surface area contributed by atoms with Crippen molar-refractivity contribution in [1.29, 1.82) is 0 Å². The Balaban J connectivity index is 1.54. The van der Waals surface area contributed by atoms with Crippen molar-refractivity contribution in [3.63, 3.8) is 0 Å². The third-order valence-electron chi connectivity index (χ3n) is 5.23. The highest BCUT2D eigenvalue weighted by Gasteiger charge is 2.25. The highest BCUT2D eigenvalue weighted by molar-refractivity contribution is 5.95. The molecule has 0 saturated carbocycles. The van der Waals surface area contributed by atoms with Gasteiger partial charge in [0.2, 0.25) is 0 Å². The van der Waals surface area contributed by atoms with Gasteiger partial charge in [-0.05, 0) is 30.7 Å². The summed E-state index contributed by atoms with van der Waals surface area (Å²) in [4.78, 5) is 35.2. The first-order valence-corrected chi connectivity index (χ1v) is 9.98. The number of methoxy groups -OCH3 is 1. The first kappa shape index (κ1) is 21.4. The van der Waals surface area contributed by atoms with Crippen LogP contribution in [0.1, 0.15) is 21.5 Å². The van der Waals surface area contributed by atoms with E-state index in [1.165, 1.54) is 0 Å². The minimum absolute atomic E-state index is 0.0423. The van der Waals surface area contributed by atoms with Crippen molar-refractivity contribution in [3.8, 4) is 5.75 Å². The Hall–Kier alpha value is -3.29. The van der Waals surface area contributed by atoms with Crippen LogP contribution >= 0.6 is 0 Å². The van der Waals surface area contributed by atoms with Crippen LogP contribution in [0.25, 0.3) is 0 Å². The number of carbonyl (C=O) groups excluding carboxylic acids is 2. The van der Waals surface area contributed by atoms with E-state index in [0.29, 0.717) is 44.0 Å². The van der Waals surface area contributed by atoms with E-state index >= 15 is 0 Å². The molecule has 1 N–H and O–H groups in total. The molecule has 0 bridgehead atoms. The molecular formula is C22H29N5O3. The van der Waals surface area contributed by atoms with Crippen molar-refractivity contribution in [1.82, 2.24) is 20.1 Å². The SMILES string of the molecule is COc1cc(C(=O)N2CCN(C(=O)NCc3cccnc3N(C)C)CC2)ccc1C. The van der Waals surface area contributed by atoms with E-state index in [-0.39, 0.29) is 11.9 Å². The number of aryl methyl sites for hydroxylation is 1. The van der Waals surface area contributed by atoms with E-state index in [0.717, 1.165) is 16.9 Å². The quantitative estimate of drug-likeness (QED) is 0.816. The van der Waals surface area contributed by atoms with Crippen molar-refractivity contribution in [2.75, 3.05) is 52.3 Å². The van der Waals surface area contributed by atoms with Gasteiger partial charge in [-0.3, -0.25) is 4.79 Å². The number of urea groups is 1. The lowest BCUT2D eigenvalue weighted by atomic mass is 10.1. The topological polar surface area (TPSA) is 78.0 Å². The standard InChI is InChI=1S/C22H29N5O3/c1-16-7-8-17(14-19(16)30-4)21(28)26-10-12-27(13-11-26)22(29)24-15-18-6-5-9-23-20(18)25(2)3/h5-9,14H,10-13,15H2,1-4H3,(H,24,29). The Kier molecular flexibility index (Phi) is 6.76. The molecule has 0 spiro atoms. The van der Waals surface area contributed by atoms with Gasteiger partial charge >= 0.3 is 6.03 Å². The molecule has 30 heavy (non-hydrogen) atoms. The summed E-state index contributed by atoms with van der Waals surface area (Å²) >= 11 is 0. The zero-order valence-corrected chi connectivity index (χ0v) is 18.0. The fourth-order valence-corrected chi connectivity index (χ4v) is 3.50. The van der Waals surface area contributed by atoms with Crippen LogP contribution in [-0.4, -0.2) is 74.1 Å². The van der Waals surface area contributed by atoms with Crippen molar-refractivity contribution >= 4 is 17.8 Å². The molecule has 1 aliphatic rings. The van der Waals surface area contributed by atoms with Gasteiger partial charge in [0, 0.05) is 64.1 Å². The molecule has 0 atom stereocenters. The Morgan fingerprint density at radius 1 is 1.13 bits per heavy atom. The molecule has 1 aromatic carbocycles. The Bertz CT molecular complexity index is 907. The number of benzene rings is 1. The predicted molar refractivity (Wildman–Crippen MR) is 116 cm³/mol. The highest BCUT2D eigenvalue weighted by atomic mass is 16.5. The Morgan fingerprint density at radius 2 is 1.83 bits per heavy atom. The van der Waals surface area contributed by atoms with Crippen LogP contribution in [0.2, 0.25) is 0 Å². The van der Waals surface area contributed by atoms with Crippen molar-refractivity contribution < 1.29 is 14.3 Å². The van der Waals surface area contributed by atoms with Crippen LogP contribution in [0.15, 0.2) is 36.5 Å². The number of nitrogens with zero attached hydrogens (tertiary/aromatic N) is 4. The number of nitrogens with one attached hydrogen (secondary N) is 1. The lowest BCUT2D eigenvalue weighted by molar-refractivity contribution is 0.0664. The highest BCUT2D eigenvalue weighted by Crippen LogP contribution is 2.20. The zero-order chi connectivity index (χ0) is 21.7. The van der Waals surface area contributed by atoms with Crippen molar-refractivity contribution in [2.24, 2.45) is 0 Å². The molecule has 1 aromatic heterocycles. The summed E-state index contributed by atoms with van der Waals surface area (Å²) in [5, 5.41) is 2.96. The molecule has 0 unspecified atom stereocenters. The summed E-state index contributed by atoms with van der Waals surface area (Å²) in [5.74, 6) is 1.49. The molecule has 1 aliphatic heterocycles. The summed E-state index contributed by atoms with van der Waals surface area (Å²) in [7, 11) is 5.45. The van der Waals surface area contributed by atoms with Gasteiger partial charge in [0.1, 0.15) is 11.6 Å². The number of anilines is 1. The van der Waals surface area contributed by atoms with Gasteiger partial charge in [-0.25, -0.2) is 9.78 Å². The normalized spacial score (nSPS) is 13.7. The van der Waals surface area contributed by atoms with Crippen LogP contribution in [-0.2, 0) is 6.54 Å². The van der Waals surface area contributed by atoms with Gasteiger partial charge in [-0.2, -0.15) is 0 Å². The van der Waals surface area contributed by atoms with Gasteiger partial charge < -0.3 is 24.8 Å². The maximum Gasteiger partial charge on any atom is 0.317 e. The third-order valence-corrected chi connectivity index (χ3v) is 5.23. The van der Waals surface area contributed by atoms with Crippen molar-refractivity contribution in [2.45, 2.75) is 13.5 Å². The van der Waals surface area contributed by atoms with Crippen molar-refractivity contribution in [3.05, 3.63) is 53.2 Å². The fourth-order valence-electron chi connectivity index (χ4n) is 3.50. The minimum Gasteiger partial charge on any atom is -0.496 e. The third kappa shape index (κ3) is 4.82. The van der Waals surface area contributed by atoms with E-state index in [1.54, 1.807) is 29.2 Å². The van der Waals surface area contributed by atoms with E-state index in [4.69, 9.17) is 4.74 Å². The molecule has 160 valence electrons. The number of carbonyl (C=O) groups is 2. The smallest absolute Gasteiger partial charge is 0.317 e. The van der Waals surface area contributed by atoms with Gasteiger partial charge in [0.05, 0.1) is 7.11 Å². The summed E-state index contributed by atoms with van der Waals surface area (Å²) in [5.41, 5.74) is 2.54. The number of amides is 3. The lowest BCUT2D eigenvalue weighted by Crippen LogP contribution is -2.53. The molecule has 0 aliphatic carbocycles. The average Bonchev–Trinajstić information content (AvgIpc) is 2.77. The van der Waals surface area contributed by atoms with E-state index < -0.39 is 0 Å². The second-order valence-electron chi connectivity index (χ2n) is 7.50. The summed E-state index contributed by atoms with van der Waals surface area (Å²) in [6.07, 6.45) is 1.74.